The molecule has 0 saturated heterocycles. The van der Waals surface area contributed by atoms with Crippen LogP contribution in [0.3, 0.4) is 0 Å². The molecule has 1 amide bonds. The van der Waals surface area contributed by atoms with E-state index in [0.717, 1.165) is 27.6 Å². The lowest BCUT2D eigenvalue weighted by molar-refractivity contribution is 0.0955. The second kappa shape index (κ2) is 13.5. The summed E-state index contributed by atoms with van der Waals surface area (Å²) in [4.78, 5) is 17.3. The van der Waals surface area contributed by atoms with Crippen LogP contribution in [0.25, 0.3) is 11.3 Å². The zero-order valence-corrected chi connectivity index (χ0v) is 25.1. The molecular formula is C32H26Cl2N4O3S. The topological polar surface area (TPSA) is 84.8 Å². The van der Waals surface area contributed by atoms with Crippen LogP contribution in [0.2, 0.25) is 10.0 Å². The van der Waals surface area contributed by atoms with E-state index in [1.54, 1.807) is 30.3 Å². The van der Waals surface area contributed by atoms with Gasteiger partial charge in [-0.2, -0.15) is 5.10 Å². The maximum absolute atomic E-state index is 12.7. The molecule has 0 bridgehead atoms. The van der Waals surface area contributed by atoms with Crippen molar-refractivity contribution in [1.29, 1.82) is 0 Å². The monoisotopic (exact) mass is 616 g/mol. The van der Waals surface area contributed by atoms with E-state index < -0.39 is 0 Å². The first-order valence-corrected chi connectivity index (χ1v) is 14.5. The molecule has 7 nitrogen and oxygen atoms in total. The van der Waals surface area contributed by atoms with Gasteiger partial charge in [-0.05, 0) is 55.0 Å². The highest BCUT2D eigenvalue weighted by Crippen LogP contribution is 2.37. The van der Waals surface area contributed by atoms with E-state index in [2.05, 4.69) is 27.8 Å². The van der Waals surface area contributed by atoms with Crippen LogP contribution in [0.1, 0.15) is 27.0 Å². The molecule has 0 atom stereocenters. The van der Waals surface area contributed by atoms with E-state index in [1.807, 2.05) is 60.0 Å². The van der Waals surface area contributed by atoms with Crippen molar-refractivity contribution in [3.63, 3.8) is 0 Å². The van der Waals surface area contributed by atoms with Crippen LogP contribution in [0.15, 0.2) is 95.4 Å². The minimum atomic E-state index is -0.351. The average molecular weight is 618 g/mol. The van der Waals surface area contributed by atoms with Crippen LogP contribution < -0.4 is 20.2 Å². The normalized spacial score (nSPS) is 11.0. The van der Waals surface area contributed by atoms with E-state index >= 15 is 0 Å². The van der Waals surface area contributed by atoms with Gasteiger partial charge in [0.05, 0.1) is 24.0 Å². The van der Waals surface area contributed by atoms with Crippen molar-refractivity contribution in [2.75, 3.05) is 12.4 Å². The fourth-order valence-corrected chi connectivity index (χ4v) is 5.17. The Morgan fingerprint density at radius 2 is 1.76 bits per heavy atom. The summed E-state index contributed by atoms with van der Waals surface area (Å²) >= 11 is 14.2. The maximum atomic E-state index is 12.7. The van der Waals surface area contributed by atoms with Gasteiger partial charge < -0.3 is 14.8 Å². The molecule has 1 aromatic heterocycles. The van der Waals surface area contributed by atoms with Crippen molar-refractivity contribution in [2.45, 2.75) is 13.5 Å². The molecule has 2 N–H and O–H groups in total. The Balaban J connectivity index is 1.19. The second-order valence-corrected chi connectivity index (χ2v) is 10.9. The van der Waals surface area contributed by atoms with Crippen LogP contribution in [0.4, 0.5) is 10.8 Å². The van der Waals surface area contributed by atoms with Gasteiger partial charge in [0.25, 0.3) is 5.91 Å². The summed E-state index contributed by atoms with van der Waals surface area (Å²) < 4.78 is 11.4. The number of hydrogen-bond donors (Lipinski definition) is 2. The van der Waals surface area contributed by atoms with Crippen molar-refractivity contribution in [3.8, 4) is 22.8 Å². The third-order valence-electron chi connectivity index (χ3n) is 6.21. The number of rotatable bonds is 10. The number of hydrogen-bond acceptors (Lipinski definition) is 7. The molecule has 0 aliphatic rings. The van der Waals surface area contributed by atoms with E-state index in [9.17, 15) is 4.79 Å². The van der Waals surface area contributed by atoms with Crippen LogP contribution in [-0.4, -0.2) is 24.2 Å². The number of carbonyl (C=O) groups excluding carboxylic acids is 1. The molecule has 5 aromatic rings. The molecule has 0 unspecified atom stereocenters. The van der Waals surface area contributed by atoms with Crippen molar-refractivity contribution >= 4 is 57.5 Å². The van der Waals surface area contributed by atoms with E-state index in [-0.39, 0.29) is 12.5 Å². The molecule has 1 heterocycles. The summed E-state index contributed by atoms with van der Waals surface area (Å²) in [5.74, 6) is 0.464. The van der Waals surface area contributed by atoms with Crippen molar-refractivity contribution in [2.24, 2.45) is 5.10 Å². The number of benzene rings is 4. The molecule has 0 fully saturated rings. The number of hydrazone groups is 1. The van der Waals surface area contributed by atoms with Crippen molar-refractivity contribution < 1.29 is 14.3 Å². The Bertz CT molecular complexity index is 1720. The fourth-order valence-electron chi connectivity index (χ4n) is 3.97. The van der Waals surface area contributed by atoms with Gasteiger partial charge in [0.15, 0.2) is 16.6 Å². The first kappa shape index (κ1) is 29.1. The van der Waals surface area contributed by atoms with Gasteiger partial charge in [0.2, 0.25) is 0 Å². The van der Waals surface area contributed by atoms with Gasteiger partial charge in [0, 0.05) is 32.8 Å². The number of nitrogens with one attached hydrogen (secondary N) is 2. The number of anilines is 2. The molecule has 0 saturated carbocycles. The first-order valence-electron chi connectivity index (χ1n) is 12.9. The highest BCUT2D eigenvalue weighted by atomic mass is 35.5. The zero-order chi connectivity index (χ0) is 29.5. The molecule has 4 aromatic carbocycles. The summed E-state index contributed by atoms with van der Waals surface area (Å²) in [7, 11) is 1.52. The first-order chi connectivity index (χ1) is 20.4. The highest BCUT2D eigenvalue weighted by molar-refractivity contribution is 7.14. The fraction of sp³-hybridized carbons (Fsp3) is 0.0938. The predicted molar refractivity (Wildman–Crippen MR) is 171 cm³/mol. The number of thiazole rings is 1. The van der Waals surface area contributed by atoms with E-state index in [0.29, 0.717) is 32.7 Å². The summed E-state index contributed by atoms with van der Waals surface area (Å²) in [5, 5.41) is 11.1. The molecule has 10 heteroatoms. The number of carbonyl (C=O) groups is 1. The number of methoxy groups -OCH3 is 1. The minimum absolute atomic E-state index is 0.228. The van der Waals surface area contributed by atoms with Crippen LogP contribution in [0, 0.1) is 6.92 Å². The number of nitrogens with zero attached hydrogens (tertiary/aromatic N) is 2. The predicted octanol–water partition coefficient (Wildman–Crippen LogP) is 8.52. The Morgan fingerprint density at radius 3 is 2.50 bits per heavy atom. The summed E-state index contributed by atoms with van der Waals surface area (Å²) in [6, 6.07) is 26.1. The molecule has 0 aliphatic heterocycles. The SMILES string of the molecule is COc1cc(/C=N\NC(=O)c2ccc(-c3csc(Nc4ccc(C)cc4)n3)cc2)cc(Cl)c1OCc1ccccc1Cl. The smallest absolute Gasteiger partial charge is 0.271 e. The lowest BCUT2D eigenvalue weighted by atomic mass is 10.1. The third-order valence-corrected chi connectivity index (χ3v) is 7.62. The number of aromatic nitrogens is 1. The molecule has 5 rings (SSSR count). The van der Waals surface area contributed by atoms with E-state index in [1.165, 1.54) is 30.2 Å². The van der Waals surface area contributed by atoms with Gasteiger partial charge in [-0.15, -0.1) is 11.3 Å². The van der Waals surface area contributed by atoms with Gasteiger partial charge >= 0.3 is 0 Å². The minimum Gasteiger partial charge on any atom is -0.493 e. The Hall–Kier alpha value is -4.37. The highest BCUT2D eigenvalue weighted by Gasteiger charge is 2.13. The number of amides is 1. The number of aryl methyl sites for hydroxylation is 1. The van der Waals surface area contributed by atoms with E-state index in [4.69, 9.17) is 32.7 Å². The van der Waals surface area contributed by atoms with Gasteiger partial charge in [-0.25, -0.2) is 10.4 Å². The quantitative estimate of drug-likeness (QED) is 0.121. The summed E-state index contributed by atoms with van der Waals surface area (Å²) in [5.41, 5.74) is 8.36. The van der Waals surface area contributed by atoms with Gasteiger partial charge in [-0.3, -0.25) is 4.79 Å². The van der Waals surface area contributed by atoms with Crippen molar-refractivity contribution in [1.82, 2.24) is 10.4 Å². The lowest BCUT2D eigenvalue weighted by Gasteiger charge is -2.14. The average Bonchev–Trinajstić information content (AvgIpc) is 3.47. The molecule has 0 spiro atoms. The lowest BCUT2D eigenvalue weighted by Crippen LogP contribution is -2.17. The van der Waals surface area contributed by atoms with Crippen LogP contribution >= 0.6 is 34.5 Å². The third kappa shape index (κ3) is 7.28. The molecule has 212 valence electrons. The number of halogens is 2. The molecule has 0 radical (unpaired) electrons. The largest absolute Gasteiger partial charge is 0.493 e. The summed E-state index contributed by atoms with van der Waals surface area (Å²) in [6.07, 6.45) is 1.48. The van der Waals surface area contributed by atoms with Crippen molar-refractivity contribution in [3.05, 3.63) is 123 Å². The number of ether oxygens (including phenoxy) is 2. The van der Waals surface area contributed by atoms with Crippen LogP contribution in [-0.2, 0) is 6.61 Å². The Labute approximate surface area is 257 Å². The summed E-state index contributed by atoms with van der Waals surface area (Å²) in [6.45, 7) is 2.28. The van der Waals surface area contributed by atoms with Crippen LogP contribution in [0.5, 0.6) is 11.5 Å². The molecular weight excluding hydrogens is 591 g/mol. The Kier molecular flexibility index (Phi) is 9.38. The van der Waals surface area contributed by atoms with Gasteiger partial charge in [0.1, 0.15) is 6.61 Å². The standard InChI is InChI=1S/C32H26Cl2N4O3S/c1-20-7-13-25(14-8-20)36-32-37-28(19-42-32)22-9-11-23(12-10-22)31(39)38-35-17-21-15-27(34)30(29(16-21)40-2)41-18-24-5-3-4-6-26(24)33/h3-17,19H,18H2,1-2H3,(H,36,37)(H,38,39)/b35-17-. The Morgan fingerprint density at radius 1 is 1.00 bits per heavy atom. The van der Waals surface area contributed by atoms with Gasteiger partial charge in [-0.1, -0.05) is 71.2 Å². The zero-order valence-electron chi connectivity index (χ0n) is 22.7. The second-order valence-electron chi connectivity index (χ2n) is 9.22. The molecule has 42 heavy (non-hydrogen) atoms. The maximum Gasteiger partial charge on any atom is 0.271 e. The molecule has 0 aliphatic carbocycles.